The molecule has 0 aliphatic heterocycles. The molecule has 24 heavy (non-hydrogen) atoms. The predicted octanol–water partition coefficient (Wildman–Crippen LogP) is 3.03. The summed E-state index contributed by atoms with van der Waals surface area (Å²) < 4.78 is 14.3. The first-order chi connectivity index (χ1) is 11.2. The minimum absolute atomic E-state index is 0.0490. The fraction of sp³-hybridized carbons (Fsp3) is 0.444. The van der Waals surface area contributed by atoms with Crippen LogP contribution >= 0.6 is 0 Å². The van der Waals surface area contributed by atoms with Crippen LogP contribution in [0, 0.1) is 26.7 Å². The van der Waals surface area contributed by atoms with Crippen LogP contribution in [0.5, 0.6) is 0 Å². The zero-order valence-corrected chi connectivity index (χ0v) is 14.0. The number of fused-ring (bicyclic) bond motifs is 1. The molecule has 1 aromatic carbocycles. The third-order valence-corrected chi connectivity index (χ3v) is 4.86. The van der Waals surface area contributed by atoms with E-state index in [9.17, 15) is 14.0 Å². The van der Waals surface area contributed by atoms with Gasteiger partial charge in [0.1, 0.15) is 11.4 Å². The Bertz CT molecular complexity index is 834. The molecule has 5 nitrogen and oxygen atoms in total. The SMILES string of the molecule is Cc1cc(C)c2c(C)c(C(=O)NCC3(F)CC(C(=O)O)C3)[nH]c2c1. The van der Waals surface area contributed by atoms with Crippen molar-refractivity contribution in [3.8, 4) is 0 Å². The number of carboxylic acids is 1. The number of H-pyrrole nitrogens is 1. The van der Waals surface area contributed by atoms with E-state index in [4.69, 9.17) is 5.11 Å². The second-order valence-corrected chi connectivity index (χ2v) is 6.91. The van der Waals surface area contributed by atoms with Crippen LogP contribution in [-0.4, -0.2) is 34.2 Å². The summed E-state index contributed by atoms with van der Waals surface area (Å²) >= 11 is 0. The number of nitrogens with one attached hydrogen (secondary N) is 2. The van der Waals surface area contributed by atoms with Gasteiger partial charge in [-0.3, -0.25) is 9.59 Å². The normalized spacial score (nSPS) is 23.1. The lowest BCUT2D eigenvalue weighted by atomic mass is 9.72. The molecule has 0 unspecified atom stereocenters. The van der Waals surface area contributed by atoms with Crippen molar-refractivity contribution < 1.29 is 19.1 Å². The van der Waals surface area contributed by atoms with Crippen molar-refractivity contribution in [3.05, 3.63) is 34.5 Å². The monoisotopic (exact) mass is 332 g/mol. The molecule has 3 N–H and O–H groups in total. The number of rotatable bonds is 4. The molecule has 1 aliphatic rings. The molecule has 0 radical (unpaired) electrons. The van der Waals surface area contributed by atoms with E-state index in [2.05, 4.69) is 16.4 Å². The third kappa shape index (κ3) is 2.77. The Balaban J connectivity index is 1.74. The topological polar surface area (TPSA) is 82.2 Å². The molecule has 6 heteroatoms. The molecule has 1 aliphatic carbocycles. The number of aromatic amines is 1. The summed E-state index contributed by atoms with van der Waals surface area (Å²) in [5.74, 6) is -1.99. The second kappa shape index (κ2) is 5.61. The summed E-state index contributed by atoms with van der Waals surface area (Å²) in [6, 6.07) is 4.04. The molecular weight excluding hydrogens is 311 g/mol. The minimum Gasteiger partial charge on any atom is -0.481 e. The summed E-state index contributed by atoms with van der Waals surface area (Å²) in [6.45, 7) is 5.69. The van der Waals surface area contributed by atoms with E-state index in [1.165, 1.54) is 0 Å². The lowest BCUT2D eigenvalue weighted by molar-refractivity contribution is -0.151. The quantitative estimate of drug-likeness (QED) is 0.805. The Morgan fingerprint density at radius 1 is 1.33 bits per heavy atom. The molecule has 1 fully saturated rings. The Morgan fingerprint density at radius 3 is 2.62 bits per heavy atom. The van der Waals surface area contributed by atoms with E-state index < -0.39 is 17.6 Å². The molecule has 1 amide bonds. The van der Waals surface area contributed by atoms with Gasteiger partial charge >= 0.3 is 5.97 Å². The number of carbonyl (C=O) groups is 2. The van der Waals surface area contributed by atoms with Gasteiger partial charge in [0, 0.05) is 10.9 Å². The highest BCUT2D eigenvalue weighted by molar-refractivity contribution is 6.02. The first kappa shape index (κ1) is 16.5. The van der Waals surface area contributed by atoms with Gasteiger partial charge in [0.05, 0.1) is 12.5 Å². The van der Waals surface area contributed by atoms with Gasteiger partial charge in [-0.05, 0) is 56.4 Å². The number of hydrogen-bond acceptors (Lipinski definition) is 2. The average molecular weight is 332 g/mol. The summed E-state index contributed by atoms with van der Waals surface area (Å²) in [5, 5.41) is 12.4. The van der Waals surface area contributed by atoms with E-state index in [-0.39, 0.29) is 25.3 Å². The largest absolute Gasteiger partial charge is 0.481 e. The number of benzene rings is 1. The molecular formula is C18H21FN2O3. The summed E-state index contributed by atoms with van der Waals surface area (Å²) in [7, 11) is 0. The number of amides is 1. The van der Waals surface area contributed by atoms with Crippen LogP contribution in [0.3, 0.4) is 0 Å². The number of carbonyl (C=O) groups excluding carboxylic acids is 1. The van der Waals surface area contributed by atoms with Gasteiger partial charge < -0.3 is 15.4 Å². The first-order valence-corrected chi connectivity index (χ1v) is 7.99. The van der Waals surface area contributed by atoms with E-state index in [1.54, 1.807) is 0 Å². The van der Waals surface area contributed by atoms with E-state index in [0.717, 1.165) is 27.6 Å². The summed E-state index contributed by atoms with van der Waals surface area (Å²) in [4.78, 5) is 26.3. The number of alkyl halides is 1. The van der Waals surface area contributed by atoms with Crippen LogP contribution in [0.2, 0.25) is 0 Å². The van der Waals surface area contributed by atoms with Crippen molar-refractivity contribution in [1.82, 2.24) is 10.3 Å². The highest BCUT2D eigenvalue weighted by Crippen LogP contribution is 2.41. The van der Waals surface area contributed by atoms with E-state index >= 15 is 0 Å². The number of halogens is 1. The molecule has 1 saturated carbocycles. The van der Waals surface area contributed by atoms with E-state index in [0.29, 0.717) is 5.69 Å². The first-order valence-electron chi connectivity index (χ1n) is 7.99. The Labute approximate surface area is 139 Å². The van der Waals surface area contributed by atoms with Crippen LogP contribution in [0.25, 0.3) is 10.9 Å². The minimum atomic E-state index is -1.62. The molecule has 0 bridgehead atoms. The number of aliphatic carboxylic acids is 1. The summed E-state index contributed by atoms with van der Waals surface area (Å²) in [6.07, 6.45) is -0.0980. The van der Waals surface area contributed by atoms with Crippen LogP contribution in [0.15, 0.2) is 12.1 Å². The Kier molecular flexibility index (Phi) is 3.86. The fourth-order valence-electron chi connectivity index (χ4n) is 3.61. The van der Waals surface area contributed by atoms with Gasteiger partial charge in [-0.2, -0.15) is 0 Å². The van der Waals surface area contributed by atoms with Crippen LogP contribution < -0.4 is 5.32 Å². The van der Waals surface area contributed by atoms with Crippen LogP contribution in [0.1, 0.15) is 40.0 Å². The Hall–Kier alpha value is -2.37. The number of hydrogen-bond donors (Lipinski definition) is 3. The van der Waals surface area contributed by atoms with Gasteiger partial charge in [-0.1, -0.05) is 6.07 Å². The summed E-state index contributed by atoms with van der Waals surface area (Å²) in [5.41, 5.74) is 2.72. The van der Waals surface area contributed by atoms with Gasteiger partial charge in [0.25, 0.3) is 5.91 Å². The molecule has 0 atom stereocenters. The van der Waals surface area contributed by atoms with Gasteiger partial charge in [0.2, 0.25) is 0 Å². The lowest BCUT2D eigenvalue weighted by Crippen LogP contribution is -2.51. The molecule has 2 aromatic rings. The number of aromatic nitrogens is 1. The molecule has 1 aromatic heterocycles. The predicted molar refractivity (Wildman–Crippen MR) is 89.0 cm³/mol. The zero-order chi connectivity index (χ0) is 17.6. The second-order valence-electron chi connectivity index (χ2n) is 6.91. The number of carboxylic acid groups (broad SMARTS) is 1. The maximum atomic E-state index is 14.3. The smallest absolute Gasteiger partial charge is 0.306 e. The molecule has 1 heterocycles. The van der Waals surface area contributed by atoms with Gasteiger partial charge in [0.15, 0.2) is 0 Å². The van der Waals surface area contributed by atoms with Crippen LogP contribution in [-0.2, 0) is 4.79 Å². The number of aryl methyl sites for hydroxylation is 3. The fourth-order valence-corrected chi connectivity index (χ4v) is 3.61. The van der Waals surface area contributed by atoms with Crippen molar-refractivity contribution in [2.45, 2.75) is 39.3 Å². The molecule has 0 spiro atoms. The maximum absolute atomic E-state index is 14.3. The standard InChI is InChI=1S/C18H21FN2O3/c1-9-4-10(2)14-11(3)15(21-13(14)5-9)16(22)20-8-18(19)6-12(7-18)17(23)24/h4-5,12,21H,6-8H2,1-3H3,(H,20,22)(H,23,24). The highest BCUT2D eigenvalue weighted by Gasteiger charge is 2.48. The molecule has 3 rings (SSSR count). The van der Waals surface area contributed by atoms with Crippen LogP contribution in [0.4, 0.5) is 4.39 Å². The Morgan fingerprint density at radius 2 is 2.00 bits per heavy atom. The third-order valence-electron chi connectivity index (χ3n) is 4.86. The highest BCUT2D eigenvalue weighted by atomic mass is 19.1. The average Bonchev–Trinajstić information content (AvgIpc) is 2.78. The van der Waals surface area contributed by atoms with Crippen molar-refractivity contribution in [3.63, 3.8) is 0 Å². The van der Waals surface area contributed by atoms with Gasteiger partial charge in [-0.15, -0.1) is 0 Å². The lowest BCUT2D eigenvalue weighted by Gasteiger charge is -2.38. The van der Waals surface area contributed by atoms with Crippen molar-refractivity contribution >= 4 is 22.8 Å². The molecule has 0 saturated heterocycles. The zero-order valence-electron chi connectivity index (χ0n) is 14.0. The van der Waals surface area contributed by atoms with Crippen molar-refractivity contribution in [2.75, 3.05) is 6.54 Å². The van der Waals surface area contributed by atoms with Crippen molar-refractivity contribution in [2.24, 2.45) is 5.92 Å². The van der Waals surface area contributed by atoms with Crippen molar-refractivity contribution in [1.29, 1.82) is 0 Å². The molecule has 128 valence electrons. The van der Waals surface area contributed by atoms with Gasteiger partial charge in [-0.25, -0.2) is 4.39 Å². The van der Waals surface area contributed by atoms with E-state index in [1.807, 2.05) is 26.8 Å². The maximum Gasteiger partial charge on any atom is 0.306 e.